The van der Waals surface area contributed by atoms with E-state index < -0.39 is 0 Å². The van der Waals surface area contributed by atoms with Crippen LogP contribution in [0, 0.1) is 5.92 Å². The van der Waals surface area contributed by atoms with Gasteiger partial charge >= 0.3 is 0 Å². The van der Waals surface area contributed by atoms with Crippen molar-refractivity contribution in [1.82, 2.24) is 35.7 Å². The molecule has 4 unspecified atom stereocenters. The number of nitrogens with one attached hydrogen (secondary N) is 3. The Labute approximate surface area is 241 Å². The summed E-state index contributed by atoms with van der Waals surface area (Å²) in [5.74, 6) is 2.54. The molecule has 0 radical (unpaired) electrons. The van der Waals surface area contributed by atoms with E-state index in [9.17, 15) is 4.79 Å². The second-order valence-electron chi connectivity index (χ2n) is 11.7. The summed E-state index contributed by atoms with van der Waals surface area (Å²) >= 11 is 0. The van der Waals surface area contributed by atoms with E-state index in [4.69, 9.17) is 4.98 Å². The van der Waals surface area contributed by atoms with E-state index in [1.54, 1.807) is 6.20 Å². The number of benzene rings is 2. The summed E-state index contributed by atoms with van der Waals surface area (Å²) in [4.78, 5) is 24.3. The molecule has 4 aromatic rings. The normalized spacial score (nSPS) is 25.4. The Morgan fingerprint density at radius 3 is 2.44 bits per heavy atom. The maximum Gasteiger partial charge on any atom is 0.224 e. The Kier molecular flexibility index (Phi) is 7.33. The molecule has 0 spiro atoms. The van der Waals surface area contributed by atoms with Crippen LogP contribution in [0.5, 0.6) is 0 Å². The highest BCUT2D eigenvalue weighted by Crippen LogP contribution is 2.42. The van der Waals surface area contributed by atoms with Gasteiger partial charge in [-0.25, -0.2) is 4.98 Å². The van der Waals surface area contributed by atoms with Gasteiger partial charge < -0.3 is 10.6 Å². The molecule has 4 atom stereocenters. The van der Waals surface area contributed by atoms with Crippen LogP contribution in [0.4, 0.5) is 0 Å². The molecule has 210 valence electrons. The summed E-state index contributed by atoms with van der Waals surface area (Å²) < 4.78 is 0. The van der Waals surface area contributed by atoms with Crippen molar-refractivity contribution >= 4 is 5.91 Å². The minimum atomic E-state index is 0.0333. The molecule has 0 aliphatic carbocycles. The number of piperidine rings is 3. The van der Waals surface area contributed by atoms with Crippen LogP contribution in [-0.2, 0) is 11.3 Å². The number of aromatic nitrogens is 4. The molecule has 3 N–H and O–H groups in total. The number of fused-ring (bicyclic) bond motifs is 1. The van der Waals surface area contributed by atoms with Gasteiger partial charge in [-0.1, -0.05) is 60.7 Å². The first kappa shape index (κ1) is 26.0. The van der Waals surface area contributed by atoms with Gasteiger partial charge in [-0.3, -0.25) is 19.8 Å². The van der Waals surface area contributed by atoms with E-state index in [0.29, 0.717) is 11.7 Å². The molecule has 3 aliphatic heterocycles. The van der Waals surface area contributed by atoms with E-state index in [0.717, 1.165) is 63.4 Å². The molecule has 0 saturated carbocycles. The molecule has 41 heavy (non-hydrogen) atoms. The first-order valence-corrected chi connectivity index (χ1v) is 14.9. The van der Waals surface area contributed by atoms with Crippen molar-refractivity contribution in [3.8, 4) is 11.5 Å². The molecule has 0 bridgehead atoms. The van der Waals surface area contributed by atoms with Crippen molar-refractivity contribution in [1.29, 1.82) is 0 Å². The minimum absolute atomic E-state index is 0.0333. The molecule has 7 rings (SSSR count). The number of hydrogen-bond donors (Lipinski definition) is 3. The summed E-state index contributed by atoms with van der Waals surface area (Å²) in [5.41, 5.74) is 4.75. The largest absolute Gasteiger partial charge is 0.356 e. The Hall–Kier alpha value is -3.88. The Bertz CT molecular complexity index is 1450. The Morgan fingerprint density at radius 1 is 0.854 bits per heavy atom. The SMILES string of the molecule is O=C1NCCC2NC(c3ccc(CN4CCC(c5nc(-c6ccccn6)n[nH]5)CC4)cc3)C(c3ccccc3)CC12. The molecular formula is C33H37N7O. The number of aromatic amines is 1. The van der Waals surface area contributed by atoms with Crippen LogP contribution in [0.25, 0.3) is 11.5 Å². The summed E-state index contributed by atoms with van der Waals surface area (Å²) in [6, 6.07) is 26.1. The van der Waals surface area contributed by atoms with Gasteiger partial charge in [0, 0.05) is 43.2 Å². The topological polar surface area (TPSA) is 98.8 Å². The van der Waals surface area contributed by atoms with Crippen molar-refractivity contribution in [2.75, 3.05) is 19.6 Å². The maximum atomic E-state index is 12.7. The summed E-state index contributed by atoms with van der Waals surface area (Å²) in [7, 11) is 0. The van der Waals surface area contributed by atoms with Crippen molar-refractivity contribution in [3.63, 3.8) is 0 Å². The van der Waals surface area contributed by atoms with Crippen molar-refractivity contribution < 1.29 is 4.79 Å². The number of nitrogens with zero attached hydrogens (tertiary/aromatic N) is 4. The first-order valence-electron chi connectivity index (χ1n) is 14.9. The molecular weight excluding hydrogens is 510 g/mol. The summed E-state index contributed by atoms with van der Waals surface area (Å²) in [6.45, 7) is 3.79. The molecule has 1 amide bonds. The van der Waals surface area contributed by atoms with Crippen LogP contribution in [-0.4, -0.2) is 56.6 Å². The van der Waals surface area contributed by atoms with Gasteiger partial charge in [0.2, 0.25) is 5.91 Å². The van der Waals surface area contributed by atoms with E-state index in [2.05, 4.69) is 85.3 Å². The quantitative estimate of drug-likeness (QED) is 0.327. The molecule has 2 aromatic carbocycles. The lowest BCUT2D eigenvalue weighted by molar-refractivity contribution is -0.129. The zero-order valence-electron chi connectivity index (χ0n) is 23.2. The van der Waals surface area contributed by atoms with E-state index in [1.807, 2.05) is 18.2 Å². The van der Waals surface area contributed by atoms with Crippen LogP contribution in [0.15, 0.2) is 79.0 Å². The molecule has 3 aliphatic rings. The zero-order chi connectivity index (χ0) is 27.6. The minimum Gasteiger partial charge on any atom is -0.356 e. The van der Waals surface area contributed by atoms with Crippen LogP contribution in [0.2, 0.25) is 0 Å². The number of likely N-dealkylation sites (tertiary alicyclic amines) is 1. The number of hydrogen-bond acceptors (Lipinski definition) is 6. The average Bonchev–Trinajstić information content (AvgIpc) is 3.53. The number of carbonyl (C=O) groups is 1. The average molecular weight is 548 g/mol. The molecule has 8 nitrogen and oxygen atoms in total. The number of rotatable bonds is 6. The van der Waals surface area contributed by atoms with Gasteiger partial charge in [0.1, 0.15) is 11.5 Å². The van der Waals surface area contributed by atoms with Crippen molar-refractivity contribution in [3.05, 3.63) is 102 Å². The van der Waals surface area contributed by atoms with Gasteiger partial charge in [-0.2, -0.15) is 5.10 Å². The second kappa shape index (κ2) is 11.5. The standard InChI is InChI=1S/C33H37N7O/c41-33-27-20-26(23-6-2-1-3-7-23)30(36-28(27)13-17-35-33)24-11-9-22(10-12-24)21-40-18-14-25(15-19-40)31-37-32(39-38-31)29-8-4-5-16-34-29/h1-12,16,25-28,30,36H,13-15,17-21H2,(H,35,41)(H,37,38,39). The highest BCUT2D eigenvalue weighted by Gasteiger charge is 2.42. The number of amides is 1. The smallest absolute Gasteiger partial charge is 0.224 e. The lowest BCUT2D eigenvalue weighted by Gasteiger charge is -2.44. The van der Waals surface area contributed by atoms with E-state index in [1.165, 1.54) is 16.7 Å². The summed E-state index contributed by atoms with van der Waals surface area (Å²) in [5, 5.41) is 14.5. The highest BCUT2D eigenvalue weighted by atomic mass is 16.2. The predicted molar refractivity (Wildman–Crippen MR) is 158 cm³/mol. The lowest BCUT2D eigenvalue weighted by Crippen LogP contribution is -2.56. The molecule has 3 saturated heterocycles. The van der Waals surface area contributed by atoms with Crippen LogP contribution in [0.1, 0.15) is 66.1 Å². The van der Waals surface area contributed by atoms with Gasteiger partial charge in [0.25, 0.3) is 0 Å². The molecule has 2 aromatic heterocycles. The third-order valence-electron chi connectivity index (χ3n) is 9.22. The van der Waals surface area contributed by atoms with Gasteiger partial charge in [-0.15, -0.1) is 0 Å². The van der Waals surface area contributed by atoms with Gasteiger partial charge in [-0.05, 0) is 67.6 Å². The molecule has 3 fully saturated rings. The predicted octanol–water partition coefficient (Wildman–Crippen LogP) is 4.57. The monoisotopic (exact) mass is 547 g/mol. The fourth-order valence-corrected chi connectivity index (χ4v) is 6.97. The number of pyridine rings is 1. The highest BCUT2D eigenvalue weighted by molar-refractivity contribution is 5.80. The van der Waals surface area contributed by atoms with Crippen molar-refractivity contribution in [2.24, 2.45) is 5.92 Å². The van der Waals surface area contributed by atoms with Gasteiger partial charge in [0.15, 0.2) is 5.82 Å². The zero-order valence-corrected chi connectivity index (χ0v) is 23.2. The van der Waals surface area contributed by atoms with Crippen molar-refractivity contribution in [2.45, 2.75) is 56.1 Å². The van der Waals surface area contributed by atoms with E-state index in [-0.39, 0.29) is 29.8 Å². The summed E-state index contributed by atoms with van der Waals surface area (Å²) in [6.07, 6.45) is 5.77. The lowest BCUT2D eigenvalue weighted by atomic mass is 9.72. The van der Waals surface area contributed by atoms with E-state index >= 15 is 0 Å². The third-order valence-corrected chi connectivity index (χ3v) is 9.22. The number of H-pyrrole nitrogens is 1. The fourth-order valence-electron chi connectivity index (χ4n) is 6.97. The number of carbonyl (C=O) groups excluding carboxylic acids is 1. The Morgan fingerprint density at radius 2 is 1.66 bits per heavy atom. The Balaban J connectivity index is 0.995. The third kappa shape index (κ3) is 5.54. The second-order valence-corrected chi connectivity index (χ2v) is 11.7. The maximum absolute atomic E-state index is 12.7. The molecule has 5 heterocycles. The first-order chi connectivity index (χ1) is 20.2. The van der Waals surface area contributed by atoms with Crippen LogP contribution >= 0.6 is 0 Å². The van der Waals surface area contributed by atoms with Gasteiger partial charge in [0.05, 0.1) is 5.92 Å². The van der Waals surface area contributed by atoms with Crippen LogP contribution in [0.3, 0.4) is 0 Å². The fraction of sp³-hybridized carbons (Fsp3) is 0.394. The van der Waals surface area contributed by atoms with Crippen LogP contribution < -0.4 is 10.6 Å². The molecule has 8 heteroatoms.